The molecule has 0 aromatic heterocycles. The van der Waals surface area contributed by atoms with E-state index in [4.69, 9.17) is 4.74 Å². The van der Waals surface area contributed by atoms with E-state index in [-0.39, 0.29) is 24.0 Å². The monoisotopic (exact) mass is 778 g/mol. The highest BCUT2D eigenvalue weighted by molar-refractivity contribution is 8.01. The van der Waals surface area contributed by atoms with Gasteiger partial charge in [-0.3, -0.25) is 4.31 Å². The molecule has 10 heteroatoms. The molecule has 1 fully saturated rings. The average Bonchev–Trinajstić information content (AvgIpc) is 3.59. The Kier molecular flexibility index (Phi) is 11.2. The van der Waals surface area contributed by atoms with Gasteiger partial charge in [0.2, 0.25) is 0 Å². The Morgan fingerprint density at radius 2 is 1.22 bits per heavy atom. The van der Waals surface area contributed by atoms with Crippen LogP contribution in [0, 0.1) is 24.4 Å². The fourth-order valence-corrected chi connectivity index (χ4v) is 11.5. The van der Waals surface area contributed by atoms with E-state index < -0.39 is 44.6 Å². The van der Waals surface area contributed by atoms with Gasteiger partial charge in [0.15, 0.2) is 11.6 Å². The number of hydrogen-bond acceptors (Lipinski definition) is 4. The molecule has 1 saturated heterocycles. The van der Waals surface area contributed by atoms with E-state index in [0.29, 0.717) is 18.2 Å². The molecule has 0 amide bonds. The number of benzene rings is 6. The summed E-state index contributed by atoms with van der Waals surface area (Å²) in [6.07, 6.45) is 0.318. The van der Waals surface area contributed by atoms with Crippen molar-refractivity contribution in [1.82, 2.24) is 4.31 Å². The van der Waals surface area contributed by atoms with Gasteiger partial charge in [-0.25, -0.2) is 13.2 Å². The lowest BCUT2D eigenvalue weighted by molar-refractivity contribution is 0.0334. The number of para-hydroxylation sites is 1. The van der Waals surface area contributed by atoms with E-state index >= 15 is 8.42 Å². The quantitative estimate of drug-likeness (QED) is 0.0866. The zero-order valence-corrected chi connectivity index (χ0v) is 32.1. The van der Waals surface area contributed by atoms with Crippen LogP contribution in [-0.2, 0) is 31.8 Å². The number of hydrogen-bond donors (Lipinski definition) is 0. The Labute approximate surface area is 325 Å². The molecule has 0 radical (unpaired) electrons. The molecule has 1 aliphatic rings. The average molecular weight is 779 g/mol. The largest absolute Gasteiger partial charge is 0.374 e. The molecule has 7 rings (SSSR count). The van der Waals surface area contributed by atoms with Gasteiger partial charge >= 0.3 is 10.2 Å². The van der Waals surface area contributed by atoms with E-state index in [0.717, 1.165) is 33.9 Å². The molecule has 1 heterocycles. The third-order valence-electron chi connectivity index (χ3n) is 10.4. The van der Waals surface area contributed by atoms with Crippen LogP contribution in [0.5, 0.6) is 0 Å². The molecule has 282 valence electrons. The minimum atomic E-state index is -4.27. The van der Waals surface area contributed by atoms with Crippen LogP contribution in [0.4, 0.5) is 18.9 Å². The maximum Gasteiger partial charge on any atom is 0.304 e. The first-order chi connectivity index (χ1) is 26.6. The van der Waals surface area contributed by atoms with Crippen molar-refractivity contribution in [3.63, 3.8) is 0 Å². The molecule has 6 aromatic rings. The van der Waals surface area contributed by atoms with Crippen molar-refractivity contribution in [3.05, 3.63) is 209 Å². The van der Waals surface area contributed by atoms with Crippen LogP contribution in [0.15, 0.2) is 158 Å². The number of anilines is 1. The van der Waals surface area contributed by atoms with Crippen molar-refractivity contribution in [3.8, 4) is 0 Å². The number of thioether (sulfide) groups is 1. The fourth-order valence-electron chi connectivity index (χ4n) is 7.74. The van der Waals surface area contributed by atoms with Gasteiger partial charge < -0.3 is 4.74 Å². The second kappa shape index (κ2) is 16.1. The van der Waals surface area contributed by atoms with Gasteiger partial charge in [-0.05, 0) is 59.4 Å². The molecule has 0 N–H and O–H groups in total. The minimum absolute atomic E-state index is 0.107. The first-order valence-corrected chi connectivity index (χ1v) is 20.3. The van der Waals surface area contributed by atoms with Crippen molar-refractivity contribution in [2.24, 2.45) is 0 Å². The van der Waals surface area contributed by atoms with E-state index in [1.165, 1.54) is 15.7 Å². The van der Waals surface area contributed by atoms with Crippen LogP contribution in [0.3, 0.4) is 0 Å². The highest BCUT2D eigenvalue weighted by Gasteiger charge is 2.56. The maximum atomic E-state index is 15.2. The number of halogens is 3. The topological polar surface area (TPSA) is 49.9 Å². The van der Waals surface area contributed by atoms with E-state index in [9.17, 15) is 13.2 Å². The summed E-state index contributed by atoms with van der Waals surface area (Å²) in [5.41, 5.74) is 3.70. The fraction of sp³-hybridized carbons (Fsp3) is 0.200. The van der Waals surface area contributed by atoms with Crippen molar-refractivity contribution < 1.29 is 26.3 Å². The minimum Gasteiger partial charge on any atom is -0.374 e. The lowest BCUT2D eigenvalue weighted by Crippen LogP contribution is -2.53. The third kappa shape index (κ3) is 7.44. The van der Waals surface area contributed by atoms with Gasteiger partial charge in [0.1, 0.15) is 5.82 Å². The van der Waals surface area contributed by atoms with Crippen LogP contribution in [0.1, 0.15) is 39.8 Å². The number of ether oxygens (including phenoxy) is 1. The molecule has 55 heavy (non-hydrogen) atoms. The molecule has 5 nitrogen and oxygen atoms in total. The normalized spacial score (nSPS) is 17.7. The predicted octanol–water partition coefficient (Wildman–Crippen LogP) is 10.0. The Morgan fingerprint density at radius 1 is 0.727 bits per heavy atom. The van der Waals surface area contributed by atoms with E-state index in [1.54, 1.807) is 36.0 Å². The molecule has 0 bridgehead atoms. The summed E-state index contributed by atoms with van der Waals surface area (Å²) in [6, 6.07) is 48.4. The van der Waals surface area contributed by atoms with Crippen molar-refractivity contribution in [1.29, 1.82) is 0 Å². The molecule has 1 aliphatic heterocycles. The predicted molar refractivity (Wildman–Crippen MR) is 215 cm³/mol. The highest BCUT2D eigenvalue weighted by Crippen LogP contribution is 2.56. The maximum absolute atomic E-state index is 15.2. The summed E-state index contributed by atoms with van der Waals surface area (Å²) in [5.74, 6) is -3.44. The molecule has 0 spiro atoms. The Bertz CT molecular complexity index is 2240. The Morgan fingerprint density at radius 3 is 1.76 bits per heavy atom. The first-order valence-electron chi connectivity index (χ1n) is 18.0. The SMILES string of the molecule is Cc1ccccc1[C@@]1(COCc2cc(F)c(F)cc2F)C[C@@H](SC(c2ccccc2)(c2ccccc2)c2ccccc2)CN1S(=O)(=O)N(C)c1ccccc1. The molecule has 6 aromatic carbocycles. The second-order valence-corrected chi connectivity index (χ2v) is 17.2. The zero-order chi connectivity index (χ0) is 38.6. The smallest absolute Gasteiger partial charge is 0.304 e. The van der Waals surface area contributed by atoms with Crippen LogP contribution >= 0.6 is 11.8 Å². The van der Waals surface area contributed by atoms with Gasteiger partial charge in [0.25, 0.3) is 0 Å². The van der Waals surface area contributed by atoms with E-state index in [1.807, 2.05) is 91.9 Å². The van der Waals surface area contributed by atoms with Gasteiger partial charge in [-0.1, -0.05) is 133 Å². The second-order valence-electron chi connectivity index (χ2n) is 13.8. The summed E-state index contributed by atoms with van der Waals surface area (Å²) in [6.45, 7) is 1.44. The Hall–Kier alpha value is -4.87. The van der Waals surface area contributed by atoms with Crippen LogP contribution in [0.2, 0.25) is 0 Å². The molecule has 0 saturated carbocycles. The Balaban J connectivity index is 1.39. The number of aryl methyl sites for hydroxylation is 1. The summed E-state index contributed by atoms with van der Waals surface area (Å²) in [5, 5.41) is -0.317. The number of rotatable bonds is 13. The van der Waals surface area contributed by atoms with Crippen LogP contribution in [0.25, 0.3) is 0 Å². The first kappa shape index (κ1) is 38.4. The summed E-state index contributed by atoms with van der Waals surface area (Å²) in [4.78, 5) is 0. The van der Waals surface area contributed by atoms with Gasteiger partial charge in [0.05, 0.1) is 29.2 Å². The third-order valence-corrected chi connectivity index (χ3v) is 14.0. The summed E-state index contributed by atoms with van der Waals surface area (Å²) in [7, 11) is -2.74. The van der Waals surface area contributed by atoms with Gasteiger partial charge in [-0.15, -0.1) is 11.8 Å². The standard InChI is InChI=1S/C45H41F3N2O3S2/c1-33-17-15-16-26-40(33)44(32-53-31-34-27-42(47)43(48)28-41(34)46)29-39(30-50(44)55(51,52)49(2)38-24-13-6-14-25-38)54-45(35-18-7-3-8-19-35,36-20-9-4-10-21-36)37-22-11-5-12-23-37/h3-28,39H,29-32H2,1-2H3/t39-,44+/m1/s1. The van der Waals surface area contributed by atoms with Crippen molar-refractivity contribution >= 4 is 27.7 Å². The van der Waals surface area contributed by atoms with Crippen LogP contribution < -0.4 is 4.31 Å². The number of nitrogens with zero attached hydrogens (tertiary/aromatic N) is 2. The molecular weight excluding hydrogens is 738 g/mol. The molecule has 0 aliphatic carbocycles. The van der Waals surface area contributed by atoms with E-state index in [2.05, 4.69) is 36.4 Å². The lowest BCUT2D eigenvalue weighted by atomic mass is 9.84. The molecular formula is C45H41F3N2O3S2. The highest BCUT2D eigenvalue weighted by atomic mass is 32.2. The molecule has 0 unspecified atom stereocenters. The lowest BCUT2D eigenvalue weighted by Gasteiger charge is -2.40. The van der Waals surface area contributed by atoms with Crippen molar-refractivity contribution in [2.45, 2.75) is 35.5 Å². The van der Waals surface area contributed by atoms with Gasteiger partial charge in [0, 0.05) is 30.5 Å². The summed E-state index contributed by atoms with van der Waals surface area (Å²) < 4.78 is 81.7. The summed E-state index contributed by atoms with van der Waals surface area (Å²) >= 11 is 1.69. The zero-order valence-electron chi connectivity index (χ0n) is 30.5. The van der Waals surface area contributed by atoms with Crippen LogP contribution in [-0.4, -0.2) is 38.2 Å². The van der Waals surface area contributed by atoms with Crippen molar-refractivity contribution in [2.75, 3.05) is 24.5 Å². The molecule has 2 atom stereocenters. The van der Waals surface area contributed by atoms with Gasteiger partial charge in [-0.2, -0.15) is 12.7 Å².